The van der Waals surface area contributed by atoms with Gasteiger partial charge >= 0.3 is 0 Å². The van der Waals surface area contributed by atoms with E-state index >= 15 is 0 Å². The number of rotatable bonds is 6. The summed E-state index contributed by atoms with van der Waals surface area (Å²) < 4.78 is 23.5. The molecule has 17 heavy (non-hydrogen) atoms. The first-order chi connectivity index (χ1) is 7.95. The molecule has 6 nitrogen and oxygen atoms in total. The van der Waals surface area contributed by atoms with Crippen LogP contribution in [-0.2, 0) is 10.0 Å². The molecule has 7 heteroatoms. The first-order valence-electron chi connectivity index (χ1n) is 5.35. The molecule has 96 valence electrons. The predicted molar refractivity (Wildman–Crippen MR) is 67.0 cm³/mol. The lowest BCUT2D eigenvalue weighted by molar-refractivity contribution is 0.364. The van der Waals surface area contributed by atoms with E-state index in [9.17, 15) is 8.42 Å². The fraction of sp³-hybridized carbons (Fsp3) is 0.500. The van der Waals surface area contributed by atoms with Gasteiger partial charge in [-0.25, -0.2) is 18.4 Å². The molecular weight excluding hydrogens is 240 g/mol. The Morgan fingerprint density at radius 1 is 1.35 bits per heavy atom. The van der Waals surface area contributed by atoms with E-state index in [1.165, 1.54) is 17.3 Å². The van der Waals surface area contributed by atoms with Crippen molar-refractivity contribution in [3.05, 3.63) is 18.3 Å². The van der Waals surface area contributed by atoms with Gasteiger partial charge in [0.25, 0.3) is 10.0 Å². The molecule has 1 heterocycles. The molecule has 1 aromatic heterocycles. The van der Waals surface area contributed by atoms with Crippen LogP contribution in [0.1, 0.15) is 13.3 Å². The van der Waals surface area contributed by atoms with Crippen LogP contribution in [0.25, 0.3) is 0 Å². The van der Waals surface area contributed by atoms with Crippen LogP contribution in [0.2, 0.25) is 0 Å². The molecule has 0 saturated heterocycles. The smallest absolute Gasteiger partial charge is 0.254 e. The van der Waals surface area contributed by atoms with Crippen LogP contribution in [0, 0.1) is 0 Å². The van der Waals surface area contributed by atoms with Gasteiger partial charge in [-0.1, -0.05) is 6.92 Å². The van der Waals surface area contributed by atoms with Gasteiger partial charge in [-0.2, -0.15) is 0 Å². The van der Waals surface area contributed by atoms with Crippen LogP contribution < -0.4 is 10.1 Å². The van der Waals surface area contributed by atoms with Crippen molar-refractivity contribution in [1.29, 1.82) is 0 Å². The van der Waals surface area contributed by atoms with Crippen molar-refractivity contribution in [1.82, 2.24) is 14.8 Å². The maximum absolute atomic E-state index is 11.8. The molecule has 0 spiro atoms. The second-order valence-electron chi connectivity index (χ2n) is 3.80. The summed E-state index contributed by atoms with van der Waals surface area (Å²) in [6.45, 7) is 2.86. The molecule has 0 fully saturated rings. The lowest BCUT2D eigenvalue weighted by Crippen LogP contribution is -2.36. The summed E-state index contributed by atoms with van der Waals surface area (Å²) in [5.41, 5.74) is 0. The number of nitrogens with zero attached hydrogens (tertiary/aromatic N) is 2. The van der Waals surface area contributed by atoms with Crippen molar-refractivity contribution in [2.75, 3.05) is 26.0 Å². The van der Waals surface area contributed by atoms with E-state index in [0.29, 0.717) is 5.82 Å². The minimum absolute atomic E-state index is 0.147. The first-order valence-corrected chi connectivity index (χ1v) is 6.83. The van der Waals surface area contributed by atoms with Crippen molar-refractivity contribution < 1.29 is 8.42 Å². The summed E-state index contributed by atoms with van der Waals surface area (Å²) in [7, 11) is -0.285. The lowest BCUT2D eigenvalue weighted by atomic mass is 10.4. The maximum Gasteiger partial charge on any atom is 0.254 e. The average molecular weight is 258 g/mol. The van der Waals surface area contributed by atoms with E-state index in [1.807, 2.05) is 6.92 Å². The summed E-state index contributed by atoms with van der Waals surface area (Å²) in [5, 5.41) is 4.45. The standard InChI is InChI=1S/C10H18N4O2S/c1-4-7-11-10-6-5-9(8-12-10)17(15,16)13-14(2)3/h5-6,8,13H,4,7H2,1-3H3,(H,11,12). The highest BCUT2D eigenvalue weighted by molar-refractivity contribution is 7.89. The Morgan fingerprint density at radius 2 is 2.06 bits per heavy atom. The Hall–Kier alpha value is -1.18. The fourth-order valence-corrected chi connectivity index (χ4v) is 2.21. The monoisotopic (exact) mass is 258 g/mol. The van der Waals surface area contributed by atoms with Crippen LogP contribution in [0.15, 0.2) is 23.2 Å². The second-order valence-corrected chi connectivity index (χ2v) is 5.46. The van der Waals surface area contributed by atoms with Crippen molar-refractivity contribution in [2.45, 2.75) is 18.2 Å². The van der Waals surface area contributed by atoms with Gasteiger partial charge in [0.1, 0.15) is 10.7 Å². The highest BCUT2D eigenvalue weighted by Gasteiger charge is 2.14. The highest BCUT2D eigenvalue weighted by atomic mass is 32.2. The number of hydrazine groups is 1. The molecule has 0 aromatic carbocycles. The first kappa shape index (κ1) is 13.9. The molecule has 0 aliphatic heterocycles. The fourth-order valence-electron chi connectivity index (χ4n) is 1.19. The normalized spacial score (nSPS) is 11.8. The lowest BCUT2D eigenvalue weighted by Gasteiger charge is -2.12. The summed E-state index contributed by atoms with van der Waals surface area (Å²) in [5.74, 6) is 0.677. The van der Waals surface area contributed by atoms with Crippen molar-refractivity contribution in [2.24, 2.45) is 0 Å². The molecule has 0 unspecified atom stereocenters. The quantitative estimate of drug-likeness (QED) is 0.733. The van der Waals surface area contributed by atoms with Gasteiger partial charge < -0.3 is 5.32 Å². The molecule has 0 bridgehead atoms. The largest absolute Gasteiger partial charge is 0.370 e. The summed E-state index contributed by atoms with van der Waals surface area (Å²) >= 11 is 0. The Kier molecular flexibility index (Phi) is 4.86. The molecular formula is C10H18N4O2S. The molecule has 2 N–H and O–H groups in total. The number of anilines is 1. The molecule has 0 aliphatic carbocycles. The molecule has 0 atom stereocenters. The Labute approximate surface area is 102 Å². The zero-order valence-electron chi connectivity index (χ0n) is 10.3. The molecule has 1 rings (SSSR count). The number of hydrogen-bond donors (Lipinski definition) is 2. The van der Waals surface area contributed by atoms with E-state index in [-0.39, 0.29) is 4.90 Å². The third-order valence-electron chi connectivity index (χ3n) is 1.91. The van der Waals surface area contributed by atoms with Gasteiger partial charge in [0.15, 0.2) is 0 Å². The zero-order valence-corrected chi connectivity index (χ0v) is 11.1. The number of sulfonamides is 1. The summed E-state index contributed by atoms with van der Waals surface area (Å²) in [6, 6.07) is 3.18. The zero-order chi connectivity index (χ0) is 12.9. The average Bonchev–Trinajstić information content (AvgIpc) is 2.25. The van der Waals surface area contributed by atoms with Gasteiger partial charge in [0.05, 0.1) is 0 Å². The summed E-state index contributed by atoms with van der Waals surface area (Å²) in [6.07, 6.45) is 2.33. The topological polar surface area (TPSA) is 74.3 Å². The minimum atomic E-state index is -3.51. The van der Waals surface area contributed by atoms with E-state index in [1.54, 1.807) is 20.2 Å². The Morgan fingerprint density at radius 3 is 2.53 bits per heavy atom. The van der Waals surface area contributed by atoms with Crippen molar-refractivity contribution in [3.8, 4) is 0 Å². The van der Waals surface area contributed by atoms with E-state index < -0.39 is 10.0 Å². The third-order valence-corrected chi connectivity index (χ3v) is 3.37. The summed E-state index contributed by atoms with van der Waals surface area (Å²) in [4.78, 5) is 6.53. The van der Waals surface area contributed by atoms with E-state index in [2.05, 4.69) is 15.1 Å². The van der Waals surface area contributed by atoms with Gasteiger partial charge in [0.2, 0.25) is 0 Å². The van der Waals surface area contributed by atoms with Crippen molar-refractivity contribution >= 4 is 15.8 Å². The van der Waals surface area contributed by atoms with Crippen LogP contribution in [0.4, 0.5) is 5.82 Å². The van der Waals surface area contributed by atoms with Gasteiger partial charge in [-0.3, -0.25) is 0 Å². The van der Waals surface area contributed by atoms with Crippen LogP contribution in [0.5, 0.6) is 0 Å². The van der Waals surface area contributed by atoms with Gasteiger partial charge in [0, 0.05) is 26.8 Å². The van der Waals surface area contributed by atoms with Gasteiger partial charge in [-0.15, -0.1) is 4.83 Å². The van der Waals surface area contributed by atoms with Gasteiger partial charge in [-0.05, 0) is 18.6 Å². The van der Waals surface area contributed by atoms with E-state index in [4.69, 9.17) is 0 Å². The van der Waals surface area contributed by atoms with E-state index in [0.717, 1.165) is 13.0 Å². The molecule has 0 aliphatic rings. The van der Waals surface area contributed by atoms with Crippen LogP contribution >= 0.6 is 0 Å². The molecule has 0 amide bonds. The second kappa shape index (κ2) is 5.95. The molecule has 0 saturated carbocycles. The van der Waals surface area contributed by atoms with Crippen molar-refractivity contribution in [3.63, 3.8) is 0 Å². The number of aromatic nitrogens is 1. The minimum Gasteiger partial charge on any atom is -0.370 e. The highest BCUT2D eigenvalue weighted by Crippen LogP contribution is 2.10. The number of nitrogens with one attached hydrogen (secondary N) is 2. The third kappa shape index (κ3) is 4.29. The molecule has 0 radical (unpaired) electrons. The number of hydrogen-bond acceptors (Lipinski definition) is 5. The number of pyridine rings is 1. The maximum atomic E-state index is 11.8. The van der Waals surface area contributed by atoms with Crippen LogP contribution in [-0.4, -0.2) is 39.1 Å². The SMILES string of the molecule is CCCNc1ccc(S(=O)(=O)NN(C)C)cn1. The Bertz CT molecular complexity index is 442. The Balaban J connectivity index is 2.80. The predicted octanol–water partition coefficient (Wildman–Crippen LogP) is 0.658. The molecule has 1 aromatic rings. The van der Waals surface area contributed by atoms with Crippen LogP contribution in [0.3, 0.4) is 0 Å².